The van der Waals surface area contributed by atoms with Gasteiger partial charge in [0, 0.05) is 5.56 Å². The minimum Gasteiger partial charge on any atom is -0.476 e. The van der Waals surface area contributed by atoms with Crippen LogP contribution in [0.25, 0.3) is 0 Å². The predicted octanol–water partition coefficient (Wildman–Crippen LogP) is 0.379. The Hall–Kier alpha value is -1.55. The second kappa shape index (κ2) is 4.32. The monoisotopic (exact) mass is 201 g/mol. The van der Waals surface area contributed by atoms with E-state index in [1.165, 1.54) is 5.98 Å². The number of hydrogen-bond donors (Lipinski definition) is 1. The summed E-state index contributed by atoms with van der Waals surface area (Å²) in [7, 11) is 0. The fraction of sp³-hybridized carbons (Fsp3) is 0.182. The number of ether oxygens (including phenoxy) is 1. The molecule has 0 radical (unpaired) electrons. The zero-order valence-corrected chi connectivity index (χ0v) is 8.39. The summed E-state index contributed by atoms with van der Waals surface area (Å²) in [5.41, 5.74) is 1.78. The van der Waals surface area contributed by atoms with Gasteiger partial charge in [-0.1, -0.05) is 18.1 Å². The Bertz CT molecular complexity index is 386. The summed E-state index contributed by atoms with van der Waals surface area (Å²) >= 11 is 0. The first kappa shape index (κ1) is 9.99. The van der Waals surface area contributed by atoms with E-state index >= 15 is 0 Å². The summed E-state index contributed by atoms with van der Waals surface area (Å²) in [4.78, 5) is 4.21. The van der Waals surface area contributed by atoms with Gasteiger partial charge in [0.05, 0.1) is 6.54 Å². The lowest BCUT2D eigenvalue weighted by atomic mass is 9.62. The van der Waals surface area contributed by atoms with Crippen LogP contribution in [-0.2, 0) is 4.74 Å². The Morgan fingerprint density at radius 1 is 1.40 bits per heavy atom. The Kier molecular flexibility index (Phi) is 2.88. The number of hydrogen-bond acceptors (Lipinski definition) is 3. The van der Waals surface area contributed by atoms with Crippen LogP contribution >= 0.6 is 0 Å². The molecule has 1 aromatic rings. The van der Waals surface area contributed by atoms with Crippen LogP contribution in [0.4, 0.5) is 0 Å². The fourth-order valence-corrected chi connectivity index (χ4v) is 1.47. The second-order valence-electron chi connectivity index (χ2n) is 3.34. The molecule has 0 fully saturated rings. The minimum atomic E-state index is -0.606. The largest absolute Gasteiger partial charge is 0.476 e. The molecule has 0 saturated carbocycles. The van der Waals surface area contributed by atoms with Crippen molar-refractivity contribution in [2.45, 2.75) is 0 Å². The molecular weight excluding hydrogens is 189 g/mol. The number of aliphatic imine (C=N–C) groups is 1. The van der Waals surface area contributed by atoms with E-state index in [9.17, 15) is 5.02 Å². The van der Waals surface area contributed by atoms with E-state index in [2.05, 4.69) is 11.6 Å². The van der Waals surface area contributed by atoms with Crippen molar-refractivity contribution in [1.82, 2.24) is 0 Å². The van der Waals surface area contributed by atoms with Crippen LogP contribution in [0.1, 0.15) is 5.56 Å². The van der Waals surface area contributed by atoms with E-state index in [-0.39, 0.29) is 0 Å². The van der Waals surface area contributed by atoms with Crippen molar-refractivity contribution in [3.8, 4) is 0 Å². The van der Waals surface area contributed by atoms with Gasteiger partial charge in [-0.2, -0.15) is 0 Å². The molecule has 76 valence electrons. The standard InChI is InChI=1S/C11H12BNO2/c1-2-12(14)10-5-3-9(4-6-10)11-13-7-8-15-11/h2-6,14H,1,7-8H2. The maximum Gasteiger partial charge on any atom is 0.350 e. The normalized spacial score (nSPS) is 14.3. The number of benzene rings is 1. The molecule has 15 heavy (non-hydrogen) atoms. The van der Waals surface area contributed by atoms with Crippen LogP contribution in [0.3, 0.4) is 0 Å². The third-order valence-corrected chi connectivity index (χ3v) is 2.31. The molecule has 1 N–H and O–H groups in total. The lowest BCUT2D eigenvalue weighted by Crippen LogP contribution is -2.27. The molecule has 1 aliphatic heterocycles. The molecule has 1 heterocycles. The van der Waals surface area contributed by atoms with Crippen molar-refractivity contribution >= 4 is 18.3 Å². The molecule has 0 spiro atoms. The van der Waals surface area contributed by atoms with Gasteiger partial charge in [0.1, 0.15) is 6.61 Å². The van der Waals surface area contributed by atoms with Crippen LogP contribution in [0.2, 0.25) is 0 Å². The van der Waals surface area contributed by atoms with E-state index < -0.39 is 6.92 Å². The molecule has 0 aromatic heterocycles. The van der Waals surface area contributed by atoms with Gasteiger partial charge in [-0.15, -0.1) is 6.58 Å². The Morgan fingerprint density at radius 3 is 2.67 bits per heavy atom. The first-order valence-electron chi connectivity index (χ1n) is 4.89. The molecule has 0 atom stereocenters. The second-order valence-corrected chi connectivity index (χ2v) is 3.34. The van der Waals surface area contributed by atoms with Gasteiger partial charge >= 0.3 is 6.92 Å². The molecule has 0 amide bonds. The first-order chi connectivity index (χ1) is 7.31. The molecule has 1 aliphatic rings. The topological polar surface area (TPSA) is 41.8 Å². The zero-order chi connectivity index (χ0) is 10.7. The molecule has 1 aromatic carbocycles. The molecule has 0 unspecified atom stereocenters. The highest BCUT2D eigenvalue weighted by atomic mass is 16.5. The van der Waals surface area contributed by atoms with Crippen molar-refractivity contribution in [3.05, 3.63) is 42.4 Å². The van der Waals surface area contributed by atoms with Crippen molar-refractivity contribution in [2.75, 3.05) is 13.2 Å². The van der Waals surface area contributed by atoms with E-state index in [0.717, 1.165) is 17.6 Å². The molecule has 2 rings (SSSR count). The summed E-state index contributed by atoms with van der Waals surface area (Å²) in [5.74, 6) is 2.19. The smallest absolute Gasteiger partial charge is 0.350 e. The Morgan fingerprint density at radius 2 is 2.13 bits per heavy atom. The average molecular weight is 201 g/mol. The summed E-state index contributed by atoms with van der Waals surface area (Å²) < 4.78 is 5.33. The number of rotatable bonds is 3. The highest BCUT2D eigenvalue weighted by Gasteiger charge is 2.12. The molecular formula is C11H12BNO2. The van der Waals surface area contributed by atoms with Crippen molar-refractivity contribution < 1.29 is 9.76 Å². The summed E-state index contributed by atoms with van der Waals surface area (Å²) in [6.07, 6.45) is 0. The Labute approximate surface area is 89.2 Å². The molecule has 4 heteroatoms. The summed E-state index contributed by atoms with van der Waals surface area (Å²) in [6, 6.07) is 7.50. The fourth-order valence-electron chi connectivity index (χ4n) is 1.47. The maximum absolute atomic E-state index is 9.51. The van der Waals surface area contributed by atoms with E-state index in [1.54, 1.807) is 0 Å². The van der Waals surface area contributed by atoms with Gasteiger partial charge in [-0.05, 0) is 17.6 Å². The SMILES string of the molecule is C=CB(O)c1ccc(C2=NCCO2)cc1. The third-order valence-electron chi connectivity index (χ3n) is 2.31. The van der Waals surface area contributed by atoms with Crippen molar-refractivity contribution in [3.63, 3.8) is 0 Å². The highest BCUT2D eigenvalue weighted by Crippen LogP contribution is 2.06. The average Bonchev–Trinajstić information content (AvgIpc) is 2.82. The third kappa shape index (κ3) is 2.10. The van der Waals surface area contributed by atoms with E-state index in [1.807, 2.05) is 24.3 Å². The van der Waals surface area contributed by atoms with Crippen LogP contribution in [-0.4, -0.2) is 31.0 Å². The van der Waals surface area contributed by atoms with Gasteiger partial charge in [0.25, 0.3) is 0 Å². The predicted molar refractivity (Wildman–Crippen MR) is 61.6 cm³/mol. The van der Waals surface area contributed by atoms with Crippen LogP contribution < -0.4 is 5.46 Å². The van der Waals surface area contributed by atoms with Gasteiger partial charge < -0.3 is 9.76 Å². The Balaban J connectivity index is 2.20. The van der Waals surface area contributed by atoms with Gasteiger partial charge in [-0.25, -0.2) is 4.99 Å². The molecule has 0 saturated heterocycles. The van der Waals surface area contributed by atoms with Crippen LogP contribution in [0, 0.1) is 0 Å². The van der Waals surface area contributed by atoms with Gasteiger partial charge in [0.2, 0.25) is 5.90 Å². The highest BCUT2D eigenvalue weighted by molar-refractivity contribution is 6.70. The number of nitrogens with zero attached hydrogens (tertiary/aromatic N) is 1. The van der Waals surface area contributed by atoms with E-state index in [4.69, 9.17) is 4.74 Å². The summed E-state index contributed by atoms with van der Waals surface area (Å²) in [6.45, 7) is 4.32. The lowest BCUT2D eigenvalue weighted by molar-refractivity contribution is 0.348. The lowest BCUT2D eigenvalue weighted by Gasteiger charge is -2.04. The molecule has 0 bridgehead atoms. The minimum absolute atomic E-state index is 0.606. The van der Waals surface area contributed by atoms with Gasteiger partial charge in [-0.3, -0.25) is 0 Å². The van der Waals surface area contributed by atoms with Gasteiger partial charge in [0.15, 0.2) is 0 Å². The summed E-state index contributed by atoms with van der Waals surface area (Å²) in [5, 5.41) is 9.51. The quantitative estimate of drug-likeness (QED) is 0.718. The van der Waals surface area contributed by atoms with Crippen molar-refractivity contribution in [2.24, 2.45) is 4.99 Å². The van der Waals surface area contributed by atoms with Crippen molar-refractivity contribution in [1.29, 1.82) is 0 Å². The molecule has 0 aliphatic carbocycles. The van der Waals surface area contributed by atoms with Crippen LogP contribution in [0.5, 0.6) is 0 Å². The molecule has 3 nitrogen and oxygen atoms in total. The first-order valence-corrected chi connectivity index (χ1v) is 4.89. The van der Waals surface area contributed by atoms with E-state index in [0.29, 0.717) is 12.5 Å². The van der Waals surface area contributed by atoms with Crippen LogP contribution in [0.15, 0.2) is 41.8 Å². The zero-order valence-electron chi connectivity index (χ0n) is 8.39. The maximum atomic E-state index is 9.51.